The maximum atomic E-state index is 13.4. The Morgan fingerprint density at radius 3 is 2.24 bits per heavy atom. The Bertz CT molecular complexity index is 1160. The maximum absolute atomic E-state index is 13.4. The van der Waals surface area contributed by atoms with E-state index in [0.29, 0.717) is 30.7 Å². The molecule has 0 spiro atoms. The number of nitrogens with zero attached hydrogens (tertiary/aromatic N) is 3. The third-order valence-electron chi connectivity index (χ3n) is 6.76. The first-order valence-corrected chi connectivity index (χ1v) is 13.7. The largest absolute Gasteiger partial charge is 0.449 e. The Balaban J connectivity index is 1.49. The van der Waals surface area contributed by atoms with Gasteiger partial charge in [-0.3, -0.25) is 4.79 Å². The van der Waals surface area contributed by atoms with Crippen molar-refractivity contribution in [2.45, 2.75) is 33.6 Å². The van der Waals surface area contributed by atoms with Gasteiger partial charge in [0, 0.05) is 49.4 Å². The molecule has 1 fully saturated rings. The molecule has 1 N–H and O–H groups in total. The number of rotatable bonds is 8. The van der Waals surface area contributed by atoms with Crippen LogP contribution in [0.4, 0.5) is 15.6 Å². The van der Waals surface area contributed by atoms with E-state index in [1.807, 2.05) is 51.3 Å². The number of nitrogens with one attached hydrogen (secondary N) is 1. The molecule has 2 amide bonds. The quantitative estimate of drug-likeness (QED) is 0.403. The maximum Gasteiger partial charge on any atom is 0.409 e. The van der Waals surface area contributed by atoms with Gasteiger partial charge in [0.1, 0.15) is 0 Å². The predicted octanol–water partition coefficient (Wildman–Crippen LogP) is 5.85. The highest BCUT2D eigenvalue weighted by molar-refractivity contribution is 7.13. The van der Waals surface area contributed by atoms with Crippen LogP contribution in [-0.2, 0) is 9.53 Å². The summed E-state index contributed by atoms with van der Waals surface area (Å²) in [5, 5.41) is 5.45. The summed E-state index contributed by atoms with van der Waals surface area (Å²) in [6.45, 7) is 11.3. The number of carbonyl (C=O) groups is 2. The molecule has 37 heavy (non-hydrogen) atoms. The fourth-order valence-electron chi connectivity index (χ4n) is 4.70. The van der Waals surface area contributed by atoms with Crippen molar-refractivity contribution in [3.05, 3.63) is 77.3 Å². The molecule has 0 saturated carbocycles. The molecular weight excluding hydrogens is 484 g/mol. The monoisotopic (exact) mass is 520 g/mol. The van der Waals surface area contributed by atoms with Crippen LogP contribution in [0.2, 0.25) is 0 Å². The zero-order chi connectivity index (χ0) is 26.4. The number of aromatic nitrogens is 1. The van der Waals surface area contributed by atoms with Gasteiger partial charge in [0.15, 0.2) is 5.13 Å². The standard InChI is InChI=1S/C29H36N4O3S/c1-21(2)20-36-28(35)33-17-15-32(16-18-33)24-12-10-23(11-13-24)25(22-8-6-5-7-9-22)29(3,4)26(34)31-27-30-14-19-37-27/h5-14,19,21,25H,15-18,20H2,1-4H3,(H,30,31,34). The number of hydrogen-bond donors (Lipinski definition) is 1. The molecule has 2 aromatic carbocycles. The average molecular weight is 521 g/mol. The van der Waals surface area contributed by atoms with Crippen molar-refractivity contribution in [3.63, 3.8) is 0 Å². The second kappa shape index (κ2) is 11.8. The smallest absolute Gasteiger partial charge is 0.409 e. The minimum absolute atomic E-state index is 0.0687. The lowest BCUT2D eigenvalue weighted by Gasteiger charge is -2.36. The second-order valence-electron chi connectivity index (χ2n) is 10.4. The average Bonchev–Trinajstić information content (AvgIpc) is 3.41. The lowest BCUT2D eigenvalue weighted by atomic mass is 9.70. The van der Waals surface area contributed by atoms with Crippen molar-refractivity contribution in [1.29, 1.82) is 0 Å². The molecular formula is C29H36N4O3S. The summed E-state index contributed by atoms with van der Waals surface area (Å²) in [5.41, 5.74) is 2.54. The minimum atomic E-state index is -0.726. The van der Waals surface area contributed by atoms with Gasteiger partial charge < -0.3 is 19.9 Å². The molecule has 1 aliphatic rings. The Kier molecular flexibility index (Phi) is 8.48. The number of piperazine rings is 1. The van der Waals surface area contributed by atoms with Gasteiger partial charge in [-0.1, -0.05) is 70.2 Å². The lowest BCUT2D eigenvalue weighted by Crippen LogP contribution is -2.49. The number of thiazole rings is 1. The highest BCUT2D eigenvalue weighted by atomic mass is 32.1. The molecule has 0 bridgehead atoms. The van der Waals surface area contributed by atoms with Crippen LogP contribution in [0.5, 0.6) is 0 Å². The number of carbonyl (C=O) groups excluding carboxylic acids is 2. The van der Waals surface area contributed by atoms with Crippen LogP contribution in [0.25, 0.3) is 0 Å². The van der Waals surface area contributed by atoms with E-state index >= 15 is 0 Å². The highest BCUT2D eigenvalue weighted by Crippen LogP contribution is 2.42. The van der Waals surface area contributed by atoms with E-state index in [1.54, 1.807) is 11.1 Å². The van der Waals surface area contributed by atoms with Gasteiger partial charge in [0.05, 0.1) is 12.0 Å². The molecule has 1 aromatic heterocycles. The van der Waals surface area contributed by atoms with Crippen molar-refractivity contribution in [2.75, 3.05) is 43.0 Å². The lowest BCUT2D eigenvalue weighted by molar-refractivity contribution is -0.124. The van der Waals surface area contributed by atoms with Crippen molar-refractivity contribution < 1.29 is 14.3 Å². The Morgan fingerprint density at radius 2 is 1.65 bits per heavy atom. The van der Waals surface area contributed by atoms with Crippen molar-refractivity contribution in [3.8, 4) is 0 Å². The molecule has 196 valence electrons. The van der Waals surface area contributed by atoms with Crippen LogP contribution < -0.4 is 10.2 Å². The van der Waals surface area contributed by atoms with E-state index in [2.05, 4.69) is 51.6 Å². The Hall–Kier alpha value is -3.39. The first-order valence-electron chi connectivity index (χ1n) is 12.8. The van der Waals surface area contributed by atoms with Gasteiger partial charge in [0.25, 0.3) is 0 Å². The molecule has 1 aliphatic heterocycles. The Labute approximate surface area is 223 Å². The van der Waals surface area contributed by atoms with Gasteiger partial charge in [-0.2, -0.15) is 0 Å². The summed E-state index contributed by atoms with van der Waals surface area (Å²) >= 11 is 1.41. The molecule has 0 aliphatic carbocycles. The molecule has 1 atom stereocenters. The van der Waals surface area contributed by atoms with Crippen molar-refractivity contribution >= 4 is 34.2 Å². The normalized spacial score (nSPS) is 14.9. The molecule has 0 radical (unpaired) electrons. The number of amides is 2. The van der Waals surface area contributed by atoms with Crippen LogP contribution in [0, 0.1) is 11.3 Å². The Morgan fingerprint density at radius 1 is 1.00 bits per heavy atom. The first kappa shape index (κ1) is 26.7. The SMILES string of the molecule is CC(C)COC(=O)N1CCN(c2ccc(C(c3ccccc3)C(C)(C)C(=O)Nc3nccs3)cc2)CC1. The number of hydrogen-bond acceptors (Lipinski definition) is 6. The summed E-state index contributed by atoms with van der Waals surface area (Å²) in [6, 6.07) is 18.6. The molecule has 1 unspecified atom stereocenters. The van der Waals surface area contributed by atoms with E-state index in [4.69, 9.17) is 4.74 Å². The molecule has 1 saturated heterocycles. The van der Waals surface area contributed by atoms with Crippen molar-refractivity contribution in [1.82, 2.24) is 9.88 Å². The number of benzene rings is 2. The molecule has 8 heteroatoms. The van der Waals surface area contributed by atoms with Crippen LogP contribution in [-0.4, -0.2) is 54.7 Å². The zero-order valence-electron chi connectivity index (χ0n) is 22.0. The number of ether oxygens (including phenoxy) is 1. The third kappa shape index (κ3) is 6.49. The molecule has 3 aromatic rings. The summed E-state index contributed by atoms with van der Waals surface area (Å²) in [6.07, 6.45) is 1.46. The van der Waals surface area contributed by atoms with E-state index in [0.717, 1.165) is 29.9 Å². The predicted molar refractivity (Wildman–Crippen MR) is 149 cm³/mol. The van der Waals surface area contributed by atoms with Crippen molar-refractivity contribution in [2.24, 2.45) is 11.3 Å². The van der Waals surface area contributed by atoms with E-state index in [1.165, 1.54) is 11.3 Å². The summed E-state index contributed by atoms with van der Waals surface area (Å²) in [5.74, 6) is 0.114. The van der Waals surface area contributed by atoms with E-state index in [-0.39, 0.29) is 17.9 Å². The van der Waals surface area contributed by atoms with Gasteiger partial charge >= 0.3 is 6.09 Å². The molecule has 7 nitrogen and oxygen atoms in total. The van der Waals surface area contributed by atoms with Gasteiger partial charge in [-0.25, -0.2) is 9.78 Å². The van der Waals surface area contributed by atoms with E-state index < -0.39 is 5.41 Å². The fourth-order valence-corrected chi connectivity index (χ4v) is 5.22. The van der Waals surface area contributed by atoms with Crippen LogP contribution in [0.3, 0.4) is 0 Å². The summed E-state index contributed by atoms with van der Waals surface area (Å²) in [4.78, 5) is 34.0. The second-order valence-corrected chi connectivity index (χ2v) is 11.3. The summed E-state index contributed by atoms with van der Waals surface area (Å²) < 4.78 is 5.38. The third-order valence-corrected chi connectivity index (χ3v) is 7.45. The fraction of sp³-hybridized carbons (Fsp3) is 0.414. The van der Waals surface area contributed by atoms with Crippen LogP contribution in [0.1, 0.15) is 44.7 Å². The van der Waals surface area contributed by atoms with E-state index in [9.17, 15) is 9.59 Å². The van der Waals surface area contributed by atoms with Gasteiger partial charge in [0.2, 0.25) is 5.91 Å². The first-order chi connectivity index (χ1) is 17.8. The van der Waals surface area contributed by atoms with Crippen LogP contribution in [0.15, 0.2) is 66.2 Å². The minimum Gasteiger partial charge on any atom is -0.449 e. The molecule has 2 heterocycles. The van der Waals surface area contributed by atoms with Gasteiger partial charge in [-0.05, 0) is 29.2 Å². The number of anilines is 2. The topological polar surface area (TPSA) is 74.8 Å². The zero-order valence-corrected chi connectivity index (χ0v) is 22.8. The highest BCUT2D eigenvalue weighted by Gasteiger charge is 2.39. The van der Waals surface area contributed by atoms with Crippen LogP contribution >= 0.6 is 11.3 Å². The summed E-state index contributed by atoms with van der Waals surface area (Å²) in [7, 11) is 0. The molecule has 4 rings (SSSR count). The van der Waals surface area contributed by atoms with Gasteiger partial charge in [-0.15, -0.1) is 11.3 Å².